The van der Waals surface area contributed by atoms with Gasteiger partial charge in [0.05, 0.1) is 25.4 Å². The average molecular weight is 279 g/mol. The standard InChI is InChI=1S/C11H22N2O4S/c1-4-11(14)12-10-13(5-2,6-3)8-7-9-18(15,16)17/h4H,1,5-10H2,2-3H3,(H-,12,14,15,16,17)/p+1. The Kier molecular flexibility index (Phi) is 7.12. The lowest BCUT2D eigenvalue weighted by atomic mass is 10.3. The highest BCUT2D eigenvalue weighted by atomic mass is 32.2. The van der Waals surface area contributed by atoms with Gasteiger partial charge in [-0.2, -0.15) is 8.42 Å². The first-order valence-electron chi connectivity index (χ1n) is 5.99. The summed E-state index contributed by atoms with van der Waals surface area (Å²) in [6.45, 7) is 9.92. The van der Waals surface area contributed by atoms with Crippen LogP contribution in [0.2, 0.25) is 0 Å². The lowest BCUT2D eigenvalue weighted by Crippen LogP contribution is -2.54. The van der Waals surface area contributed by atoms with E-state index < -0.39 is 10.1 Å². The molecule has 7 heteroatoms. The van der Waals surface area contributed by atoms with Gasteiger partial charge in [-0.3, -0.25) is 9.35 Å². The minimum Gasteiger partial charge on any atom is -0.307 e. The lowest BCUT2D eigenvalue weighted by molar-refractivity contribution is -0.926. The fraction of sp³-hybridized carbons (Fsp3) is 0.727. The van der Waals surface area contributed by atoms with Crippen molar-refractivity contribution in [3.8, 4) is 0 Å². The number of rotatable bonds is 9. The van der Waals surface area contributed by atoms with Crippen LogP contribution in [0.25, 0.3) is 0 Å². The second kappa shape index (κ2) is 7.50. The molecule has 6 nitrogen and oxygen atoms in total. The fourth-order valence-electron chi connectivity index (χ4n) is 1.74. The molecule has 0 aromatic heterocycles. The summed E-state index contributed by atoms with van der Waals surface area (Å²) >= 11 is 0. The third-order valence-corrected chi connectivity index (χ3v) is 3.96. The zero-order valence-electron chi connectivity index (χ0n) is 11.1. The first-order valence-corrected chi connectivity index (χ1v) is 7.60. The summed E-state index contributed by atoms with van der Waals surface area (Å²) < 4.78 is 30.6. The van der Waals surface area contributed by atoms with Crippen molar-refractivity contribution in [2.24, 2.45) is 0 Å². The number of quaternary nitrogens is 1. The summed E-state index contributed by atoms with van der Waals surface area (Å²) in [4.78, 5) is 11.1. The monoisotopic (exact) mass is 279 g/mol. The van der Waals surface area contributed by atoms with Gasteiger partial charge in [-0.05, 0) is 19.9 Å². The summed E-state index contributed by atoms with van der Waals surface area (Å²) in [6, 6.07) is 0. The first-order chi connectivity index (χ1) is 8.28. The van der Waals surface area contributed by atoms with Gasteiger partial charge in [0.2, 0.25) is 5.91 Å². The molecular weight excluding hydrogens is 256 g/mol. The molecule has 0 radical (unpaired) electrons. The van der Waals surface area contributed by atoms with Crippen LogP contribution in [0.1, 0.15) is 20.3 Å². The molecule has 0 atom stereocenters. The summed E-state index contributed by atoms with van der Waals surface area (Å²) in [5, 5.41) is 2.73. The van der Waals surface area contributed by atoms with E-state index in [-0.39, 0.29) is 11.7 Å². The number of amides is 1. The molecule has 0 aliphatic heterocycles. The molecule has 1 amide bonds. The number of nitrogens with zero attached hydrogens (tertiary/aromatic N) is 1. The predicted molar refractivity (Wildman–Crippen MR) is 70.4 cm³/mol. The Morgan fingerprint density at radius 3 is 2.33 bits per heavy atom. The highest BCUT2D eigenvalue weighted by molar-refractivity contribution is 7.85. The van der Waals surface area contributed by atoms with E-state index in [0.29, 0.717) is 24.1 Å². The molecular formula is C11H23N2O4S+. The van der Waals surface area contributed by atoms with Crippen LogP contribution in [0.15, 0.2) is 12.7 Å². The second-order valence-electron chi connectivity index (χ2n) is 4.24. The van der Waals surface area contributed by atoms with Gasteiger partial charge in [0.1, 0.15) is 0 Å². The normalized spacial score (nSPS) is 12.2. The second-order valence-corrected chi connectivity index (χ2v) is 5.81. The maximum Gasteiger partial charge on any atom is 0.265 e. The van der Waals surface area contributed by atoms with Crippen LogP contribution in [-0.2, 0) is 14.9 Å². The zero-order chi connectivity index (χ0) is 14.2. The maximum absolute atomic E-state index is 11.1. The minimum absolute atomic E-state index is 0.242. The number of hydrogen-bond acceptors (Lipinski definition) is 3. The Labute approximate surface area is 109 Å². The van der Waals surface area contributed by atoms with Crippen molar-refractivity contribution in [3.63, 3.8) is 0 Å². The first kappa shape index (κ1) is 17.1. The van der Waals surface area contributed by atoms with Gasteiger partial charge < -0.3 is 9.80 Å². The molecule has 0 aliphatic carbocycles. The quantitative estimate of drug-likeness (QED) is 0.277. The third-order valence-electron chi connectivity index (χ3n) is 3.15. The van der Waals surface area contributed by atoms with Gasteiger partial charge >= 0.3 is 0 Å². The van der Waals surface area contributed by atoms with Crippen LogP contribution < -0.4 is 5.32 Å². The number of nitrogens with one attached hydrogen (secondary N) is 1. The lowest BCUT2D eigenvalue weighted by Gasteiger charge is -2.36. The van der Waals surface area contributed by atoms with E-state index in [0.717, 1.165) is 13.1 Å². The molecule has 0 saturated carbocycles. The average Bonchev–Trinajstić information content (AvgIpc) is 2.32. The maximum atomic E-state index is 11.1. The predicted octanol–water partition coefficient (Wildman–Crippen LogP) is 0.381. The molecule has 0 aromatic rings. The molecule has 18 heavy (non-hydrogen) atoms. The number of carbonyl (C=O) groups excluding carboxylic acids is 1. The largest absolute Gasteiger partial charge is 0.307 e. The summed E-state index contributed by atoms with van der Waals surface area (Å²) in [5.41, 5.74) is 0. The molecule has 0 saturated heterocycles. The van der Waals surface area contributed by atoms with Crippen LogP contribution in [-0.4, -0.2) is 55.4 Å². The van der Waals surface area contributed by atoms with Crippen LogP contribution in [0.5, 0.6) is 0 Å². The summed E-state index contributed by atoms with van der Waals surface area (Å²) in [6.07, 6.45) is 1.57. The van der Waals surface area contributed by atoms with E-state index in [9.17, 15) is 13.2 Å². The van der Waals surface area contributed by atoms with Crippen molar-refractivity contribution in [3.05, 3.63) is 12.7 Å². The van der Waals surface area contributed by atoms with Crippen LogP contribution >= 0.6 is 0 Å². The molecule has 2 N–H and O–H groups in total. The topological polar surface area (TPSA) is 83.5 Å². The minimum atomic E-state index is -3.91. The Bertz CT molecular complexity index is 375. The molecule has 0 aliphatic rings. The van der Waals surface area contributed by atoms with E-state index >= 15 is 0 Å². The molecule has 0 rings (SSSR count). The van der Waals surface area contributed by atoms with E-state index in [2.05, 4.69) is 11.9 Å². The van der Waals surface area contributed by atoms with Crippen molar-refractivity contribution >= 4 is 16.0 Å². The number of hydrogen-bond donors (Lipinski definition) is 2. The Morgan fingerprint density at radius 2 is 1.94 bits per heavy atom. The Hall–Kier alpha value is -0.920. The molecule has 0 spiro atoms. The van der Waals surface area contributed by atoms with Crippen LogP contribution in [0.4, 0.5) is 0 Å². The summed E-state index contributed by atoms with van der Waals surface area (Å²) in [7, 11) is -3.91. The molecule has 106 valence electrons. The van der Waals surface area contributed by atoms with Gasteiger partial charge in [-0.25, -0.2) is 0 Å². The number of carbonyl (C=O) groups is 1. The Balaban J connectivity index is 4.42. The van der Waals surface area contributed by atoms with Gasteiger partial charge in [-0.1, -0.05) is 6.58 Å². The molecule has 0 unspecified atom stereocenters. The smallest absolute Gasteiger partial charge is 0.265 e. The Morgan fingerprint density at radius 1 is 1.39 bits per heavy atom. The van der Waals surface area contributed by atoms with E-state index in [1.807, 2.05) is 13.8 Å². The van der Waals surface area contributed by atoms with Crippen molar-refractivity contribution in [2.45, 2.75) is 20.3 Å². The van der Waals surface area contributed by atoms with Gasteiger partial charge in [0, 0.05) is 6.42 Å². The zero-order valence-corrected chi connectivity index (χ0v) is 11.9. The van der Waals surface area contributed by atoms with Gasteiger partial charge in [0.15, 0.2) is 6.67 Å². The van der Waals surface area contributed by atoms with Crippen molar-refractivity contribution in [1.82, 2.24) is 5.32 Å². The van der Waals surface area contributed by atoms with Crippen LogP contribution in [0.3, 0.4) is 0 Å². The summed E-state index contributed by atoms with van der Waals surface area (Å²) in [5.74, 6) is -0.489. The van der Waals surface area contributed by atoms with Crippen molar-refractivity contribution < 1.29 is 22.2 Å². The van der Waals surface area contributed by atoms with E-state index in [4.69, 9.17) is 4.55 Å². The molecule has 0 bridgehead atoms. The van der Waals surface area contributed by atoms with E-state index in [1.165, 1.54) is 6.08 Å². The molecule has 0 heterocycles. The fourth-order valence-corrected chi connectivity index (χ4v) is 2.24. The van der Waals surface area contributed by atoms with Crippen molar-refractivity contribution in [1.29, 1.82) is 0 Å². The molecule has 0 fully saturated rings. The highest BCUT2D eigenvalue weighted by Gasteiger charge is 2.23. The van der Waals surface area contributed by atoms with Crippen LogP contribution in [0, 0.1) is 0 Å². The van der Waals surface area contributed by atoms with Gasteiger partial charge in [0.25, 0.3) is 10.1 Å². The van der Waals surface area contributed by atoms with E-state index in [1.54, 1.807) is 0 Å². The third kappa shape index (κ3) is 6.73. The van der Waals surface area contributed by atoms with Crippen molar-refractivity contribution in [2.75, 3.05) is 32.1 Å². The highest BCUT2D eigenvalue weighted by Crippen LogP contribution is 2.07. The SMILES string of the molecule is C=CC(=O)NC[N+](CC)(CC)CCCS(=O)(=O)O. The molecule has 0 aromatic carbocycles. The van der Waals surface area contributed by atoms with Gasteiger partial charge in [-0.15, -0.1) is 0 Å².